The smallest absolute Gasteiger partial charge is 0.0729 e. The zero-order valence-corrected chi connectivity index (χ0v) is 11.5. The molecule has 5 heteroatoms. The van der Waals surface area contributed by atoms with E-state index in [1.807, 2.05) is 23.3 Å². The van der Waals surface area contributed by atoms with Gasteiger partial charge >= 0.3 is 0 Å². The van der Waals surface area contributed by atoms with Crippen LogP contribution in [-0.4, -0.2) is 28.5 Å². The minimum Gasteiger partial charge on any atom is -0.383 e. The highest BCUT2D eigenvalue weighted by Crippen LogP contribution is 2.18. The lowest BCUT2D eigenvalue weighted by Crippen LogP contribution is -2.04. The van der Waals surface area contributed by atoms with Crippen LogP contribution in [0.15, 0.2) is 42.9 Å². The summed E-state index contributed by atoms with van der Waals surface area (Å²) in [6.45, 7) is 2.22. The van der Waals surface area contributed by atoms with Crippen molar-refractivity contribution in [2.24, 2.45) is 0 Å². The molecule has 20 heavy (non-hydrogen) atoms. The van der Waals surface area contributed by atoms with Crippen LogP contribution in [0.4, 0.5) is 5.69 Å². The van der Waals surface area contributed by atoms with Gasteiger partial charge in [-0.3, -0.25) is 4.68 Å². The molecule has 0 saturated heterocycles. The van der Waals surface area contributed by atoms with Crippen LogP contribution in [0.3, 0.4) is 0 Å². The van der Waals surface area contributed by atoms with E-state index in [0.29, 0.717) is 6.61 Å². The first-order valence-electron chi connectivity index (χ1n) is 6.67. The Kier molecular flexibility index (Phi) is 3.69. The summed E-state index contributed by atoms with van der Waals surface area (Å²) in [7, 11) is 1.69. The van der Waals surface area contributed by atoms with Crippen molar-refractivity contribution < 1.29 is 4.74 Å². The summed E-state index contributed by atoms with van der Waals surface area (Å²) in [4.78, 5) is 3.23. The van der Waals surface area contributed by atoms with Gasteiger partial charge in [-0.1, -0.05) is 12.1 Å². The molecular weight excluding hydrogens is 252 g/mol. The molecule has 0 aliphatic carbocycles. The summed E-state index contributed by atoms with van der Waals surface area (Å²) in [6.07, 6.45) is 5.81. The Labute approximate surface area is 117 Å². The number of rotatable bonds is 6. The lowest BCUT2D eigenvalue weighted by atomic mass is 10.1. The molecule has 0 saturated carbocycles. The number of hydrogen-bond donors (Lipinski definition) is 2. The molecule has 1 aromatic carbocycles. The van der Waals surface area contributed by atoms with Crippen molar-refractivity contribution in [2.75, 3.05) is 19.0 Å². The third-order valence-corrected chi connectivity index (χ3v) is 3.33. The van der Waals surface area contributed by atoms with E-state index < -0.39 is 0 Å². The third-order valence-electron chi connectivity index (χ3n) is 3.33. The Balaban J connectivity index is 1.67. The van der Waals surface area contributed by atoms with E-state index in [4.69, 9.17) is 4.74 Å². The quantitative estimate of drug-likeness (QED) is 0.724. The number of H-pyrrole nitrogens is 1. The zero-order chi connectivity index (χ0) is 13.8. The second kappa shape index (κ2) is 5.79. The Morgan fingerprint density at radius 3 is 3.20 bits per heavy atom. The van der Waals surface area contributed by atoms with Gasteiger partial charge in [-0.25, -0.2) is 0 Å². The van der Waals surface area contributed by atoms with Crippen LogP contribution in [0.25, 0.3) is 10.9 Å². The van der Waals surface area contributed by atoms with Crippen molar-refractivity contribution >= 4 is 16.6 Å². The summed E-state index contributed by atoms with van der Waals surface area (Å²) in [5.74, 6) is 0. The van der Waals surface area contributed by atoms with Crippen molar-refractivity contribution in [1.29, 1.82) is 0 Å². The molecule has 104 valence electrons. The largest absolute Gasteiger partial charge is 0.383 e. The Hall–Kier alpha value is -2.27. The third kappa shape index (κ3) is 2.67. The first-order valence-corrected chi connectivity index (χ1v) is 6.67. The van der Waals surface area contributed by atoms with Crippen LogP contribution < -0.4 is 5.32 Å². The van der Waals surface area contributed by atoms with Crippen LogP contribution in [-0.2, 0) is 17.8 Å². The topological polar surface area (TPSA) is 54.9 Å². The highest BCUT2D eigenvalue weighted by atomic mass is 16.5. The maximum absolute atomic E-state index is 5.04. The normalized spacial score (nSPS) is 11.1. The Bertz CT molecular complexity index is 686. The lowest BCUT2D eigenvalue weighted by Gasteiger charge is -2.05. The molecule has 2 N–H and O–H groups in total. The van der Waals surface area contributed by atoms with Gasteiger partial charge in [-0.2, -0.15) is 5.10 Å². The van der Waals surface area contributed by atoms with E-state index in [9.17, 15) is 0 Å². The molecule has 2 aromatic heterocycles. The lowest BCUT2D eigenvalue weighted by molar-refractivity contribution is 0.183. The first kappa shape index (κ1) is 12.7. The van der Waals surface area contributed by atoms with E-state index in [2.05, 4.69) is 39.7 Å². The highest BCUT2D eigenvalue weighted by molar-refractivity contribution is 5.83. The van der Waals surface area contributed by atoms with Gasteiger partial charge in [0.1, 0.15) is 0 Å². The molecule has 3 rings (SSSR count). The van der Waals surface area contributed by atoms with Gasteiger partial charge in [0.2, 0.25) is 0 Å². The highest BCUT2D eigenvalue weighted by Gasteiger charge is 2.02. The minimum absolute atomic E-state index is 0.670. The molecule has 0 radical (unpaired) electrons. The fraction of sp³-hybridized carbons (Fsp3) is 0.267. The summed E-state index contributed by atoms with van der Waals surface area (Å²) >= 11 is 0. The van der Waals surface area contributed by atoms with Gasteiger partial charge < -0.3 is 15.0 Å². The van der Waals surface area contributed by atoms with Gasteiger partial charge in [-0.15, -0.1) is 0 Å². The number of benzene rings is 1. The van der Waals surface area contributed by atoms with Gasteiger partial charge in [0, 0.05) is 37.0 Å². The second-order valence-electron chi connectivity index (χ2n) is 4.69. The van der Waals surface area contributed by atoms with Crippen molar-refractivity contribution in [3.05, 3.63) is 48.4 Å². The summed E-state index contributed by atoms with van der Waals surface area (Å²) in [5.41, 5.74) is 3.46. The van der Waals surface area contributed by atoms with Crippen LogP contribution in [0.2, 0.25) is 0 Å². The fourth-order valence-corrected chi connectivity index (χ4v) is 2.26. The maximum atomic E-state index is 5.04. The molecule has 0 amide bonds. The van der Waals surface area contributed by atoms with Crippen molar-refractivity contribution in [1.82, 2.24) is 14.8 Å². The van der Waals surface area contributed by atoms with Crippen molar-refractivity contribution in [3.63, 3.8) is 0 Å². The SMILES string of the molecule is COCCn1cc(NCc2cccc3[nH]ccc23)cn1. The molecule has 0 atom stereocenters. The molecule has 0 unspecified atom stereocenters. The predicted molar refractivity (Wildman–Crippen MR) is 79.7 cm³/mol. The molecule has 0 spiro atoms. The summed E-state index contributed by atoms with van der Waals surface area (Å²) < 4.78 is 6.92. The number of fused-ring (bicyclic) bond motifs is 1. The van der Waals surface area contributed by atoms with E-state index in [0.717, 1.165) is 18.8 Å². The monoisotopic (exact) mass is 270 g/mol. The Morgan fingerprint density at radius 2 is 2.30 bits per heavy atom. The van der Waals surface area contributed by atoms with Gasteiger partial charge in [-0.05, 0) is 17.7 Å². The first-order chi connectivity index (χ1) is 9.86. The second-order valence-corrected chi connectivity index (χ2v) is 4.69. The standard InChI is InChI=1S/C15H18N4O/c1-20-8-7-19-11-13(10-18-19)17-9-12-3-2-4-15-14(12)5-6-16-15/h2-6,10-11,16-17H,7-9H2,1H3. The van der Waals surface area contributed by atoms with Crippen molar-refractivity contribution in [3.8, 4) is 0 Å². The molecule has 0 bridgehead atoms. The van der Waals surface area contributed by atoms with Crippen LogP contribution >= 0.6 is 0 Å². The zero-order valence-electron chi connectivity index (χ0n) is 11.5. The maximum Gasteiger partial charge on any atom is 0.0729 e. The van der Waals surface area contributed by atoms with Gasteiger partial charge in [0.25, 0.3) is 0 Å². The van der Waals surface area contributed by atoms with Crippen LogP contribution in [0.5, 0.6) is 0 Å². The summed E-state index contributed by atoms with van der Waals surface area (Å²) in [5, 5.41) is 8.94. The van der Waals surface area contributed by atoms with E-state index in [-0.39, 0.29) is 0 Å². The summed E-state index contributed by atoms with van der Waals surface area (Å²) in [6, 6.07) is 8.40. The van der Waals surface area contributed by atoms with Gasteiger partial charge in [0.05, 0.1) is 25.0 Å². The number of nitrogens with zero attached hydrogens (tertiary/aromatic N) is 2. The fourth-order valence-electron chi connectivity index (χ4n) is 2.26. The van der Waals surface area contributed by atoms with E-state index in [1.165, 1.54) is 16.5 Å². The average Bonchev–Trinajstić information content (AvgIpc) is 3.11. The molecule has 0 fully saturated rings. The number of aromatic amines is 1. The number of ether oxygens (including phenoxy) is 1. The number of hydrogen-bond acceptors (Lipinski definition) is 3. The predicted octanol–water partition coefficient (Wildman–Crippen LogP) is 2.62. The molecule has 2 heterocycles. The van der Waals surface area contributed by atoms with Crippen LogP contribution in [0.1, 0.15) is 5.56 Å². The molecule has 3 aromatic rings. The van der Waals surface area contributed by atoms with E-state index in [1.54, 1.807) is 7.11 Å². The number of methoxy groups -OCH3 is 1. The molecular formula is C15H18N4O. The average molecular weight is 270 g/mol. The van der Waals surface area contributed by atoms with E-state index >= 15 is 0 Å². The number of nitrogens with one attached hydrogen (secondary N) is 2. The minimum atomic E-state index is 0.670. The Morgan fingerprint density at radius 1 is 1.35 bits per heavy atom. The molecule has 0 aliphatic heterocycles. The van der Waals surface area contributed by atoms with Crippen LogP contribution in [0, 0.1) is 0 Å². The number of anilines is 1. The van der Waals surface area contributed by atoms with Gasteiger partial charge in [0.15, 0.2) is 0 Å². The van der Waals surface area contributed by atoms with Crippen molar-refractivity contribution in [2.45, 2.75) is 13.1 Å². The molecule has 5 nitrogen and oxygen atoms in total. The number of aromatic nitrogens is 3. The molecule has 0 aliphatic rings.